The van der Waals surface area contributed by atoms with Gasteiger partial charge in [-0.1, -0.05) is 23.4 Å². The highest BCUT2D eigenvalue weighted by molar-refractivity contribution is 5.85. The molecule has 1 aromatic heterocycles. The minimum Gasteiger partial charge on any atom is -0.480 e. The maximum absolute atomic E-state index is 12.4. The first-order valence-electron chi connectivity index (χ1n) is 7.57. The standard InChI is InChI=1S/C16H18N4O3/c1-11-13(17-18-20(11)12-6-3-2-4-7-12)10-15(21)19-9-5-8-14(19)16(22)23/h2-4,6-7,14H,5,8-10H2,1H3,(H,22,23)/t14-/m0/s1. The molecule has 1 fully saturated rings. The summed E-state index contributed by atoms with van der Waals surface area (Å²) in [6, 6.07) is 8.83. The number of rotatable bonds is 4. The van der Waals surface area contributed by atoms with Crippen LogP contribution in [0.3, 0.4) is 0 Å². The van der Waals surface area contributed by atoms with Gasteiger partial charge in [0.15, 0.2) is 0 Å². The van der Waals surface area contributed by atoms with Gasteiger partial charge in [-0.05, 0) is 31.9 Å². The molecule has 1 saturated heterocycles. The summed E-state index contributed by atoms with van der Waals surface area (Å²) < 4.78 is 1.68. The van der Waals surface area contributed by atoms with Crippen molar-refractivity contribution in [2.24, 2.45) is 0 Å². The molecule has 1 aromatic carbocycles. The topological polar surface area (TPSA) is 88.3 Å². The van der Waals surface area contributed by atoms with Crippen molar-refractivity contribution in [2.75, 3.05) is 6.54 Å². The number of aliphatic carboxylic acids is 1. The number of likely N-dealkylation sites (tertiary alicyclic amines) is 1. The first-order valence-corrected chi connectivity index (χ1v) is 7.57. The lowest BCUT2D eigenvalue weighted by Crippen LogP contribution is -2.41. The Morgan fingerprint density at radius 3 is 2.74 bits per heavy atom. The Bertz CT molecular complexity index is 726. The number of carboxylic acid groups (broad SMARTS) is 1. The van der Waals surface area contributed by atoms with Gasteiger partial charge in [0, 0.05) is 6.54 Å². The molecule has 1 aliphatic heterocycles. The van der Waals surface area contributed by atoms with Crippen molar-refractivity contribution in [3.8, 4) is 5.69 Å². The molecule has 3 rings (SSSR count). The number of amides is 1. The van der Waals surface area contributed by atoms with Crippen LogP contribution in [0, 0.1) is 6.92 Å². The van der Waals surface area contributed by atoms with Crippen molar-refractivity contribution in [3.05, 3.63) is 41.7 Å². The third kappa shape index (κ3) is 2.94. The van der Waals surface area contributed by atoms with Crippen LogP contribution < -0.4 is 0 Å². The van der Waals surface area contributed by atoms with Crippen molar-refractivity contribution in [3.63, 3.8) is 0 Å². The fourth-order valence-corrected chi connectivity index (χ4v) is 2.90. The van der Waals surface area contributed by atoms with Gasteiger partial charge < -0.3 is 10.0 Å². The summed E-state index contributed by atoms with van der Waals surface area (Å²) >= 11 is 0. The molecular formula is C16H18N4O3. The van der Waals surface area contributed by atoms with Crippen LogP contribution in [0.15, 0.2) is 30.3 Å². The number of carbonyl (C=O) groups is 2. The van der Waals surface area contributed by atoms with Crippen LogP contribution in [0.2, 0.25) is 0 Å². The summed E-state index contributed by atoms with van der Waals surface area (Å²) in [5, 5.41) is 17.4. The van der Waals surface area contributed by atoms with Crippen molar-refractivity contribution in [2.45, 2.75) is 32.2 Å². The number of carboxylic acids is 1. The molecule has 0 unspecified atom stereocenters. The molecule has 1 amide bonds. The normalized spacial score (nSPS) is 17.4. The zero-order valence-electron chi connectivity index (χ0n) is 12.8. The van der Waals surface area contributed by atoms with E-state index in [1.165, 1.54) is 4.90 Å². The number of hydrogen-bond donors (Lipinski definition) is 1. The molecule has 0 aliphatic carbocycles. The summed E-state index contributed by atoms with van der Waals surface area (Å²) in [6.45, 7) is 2.34. The Hall–Kier alpha value is -2.70. The van der Waals surface area contributed by atoms with Gasteiger partial charge >= 0.3 is 5.97 Å². The van der Waals surface area contributed by atoms with E-state index in [4.69, 9.17) is 0 Å². The monoisotopic (exact) mass is 314 g/mol. The number of para-hydroxylation sites is 1. The van der Waals surface area contributed by atoms with Gasteiger partial charge in [0.25, 0.3) is 0 Å². The summed E-state index contributed by atoms with van der Waals surface area (Å²) in [7, 11) is 0. The number of nitrogens with zero attached hydrogens (tertiary/aromatic N) is 4. The fraction of sp³-hybridized carbons (Fsp3) is 0.375. The minimum absolute atomic E-state index is 0.0719. The van der Waals surface area contributed by atoms with Crippen LogP contribution in [0.4, 0.5) is 0 Å². The molecule has 2 aromatic rings. The highest BCUT2D eigenvalue weighted by Crippen LogP contribution is 2.19. The van der Waals surface area contributed by atoms with E-state index < -0.39 is 12.0 Å². The van der Waals surface area contributed by atoms with E-state index in [0.29, 0.717) is 18.7 Å². The van der Waals surface area contributed by atoms with E-state index in [2.05, 4.69) is 10.3 Å². The average Bonchev–Trinajstić information content (AvgIpc) is 3.16. The fourth-order valence-electron chi connectivity index (χ4n) is 2.90. The third-order valence-electron chi connectivity index (χ3n) is 4.17. The molecule has 120 valence electrons. The van der Waals surface area contributed by atoms with Crippen LogP contribution in [0.25, 0.3) is 5.69 Å². The lowest BCUT2D eigenvalue weighted by atomic mass is 10.2. The Balaban J connectivity index is 1.78. The second-order valence-corrected chi connectivity index (χ2v) is 5.63. The molecule has 0 bridgehead atoms. The number of aromatic nitrogens is 3. The second-order valence-electron chi connectivity index (χ2n) is 5.63. The Kier molecular flexibility index (Phi) is 4.10. The maximum Gasteiger partial charge on any atom is 0.326 e. The molecule has 0 radical (unpaired) electrons. The van der Waals surface area contributed by atoms with Crippen LogP contribution in [-0.4, -0.2) is 49.5 Å². The van der Waals surface area contributed by atoms with Gasteiger partial charge in [-0.25, -0.2) is 9.48 Å². The molecule has 0 saturated carbocycles. The van der Waals surface area contributed by atoms with Gasteiger partial charge in [-0.2, -0.15) is 0 Å². The predicted octanol–water partition coefficient (Wildman–Crippen LogP) is 1.19. The Morgan fingerprint density at radius 2 is 2.04 bits per heavy atom. The molecule has 23 heavy (non-hydrogen) atoms. The lowest BCUT2D eigenvalue weighted by molar-refractivity contribution is -0.148. The molecule has 1 N–H and O–H groups in total. The van der Waals surface area contributed by atoms with Crippen LogP contribution in [0.1, 0.15) is 24.2 Å². The van der Waals surface area contributed by atoms with E-state index in [1.807, 2.05) is 37.3 Å². The van der Waals surface area contributed by atoms with E-state index in [0.717, 1.165) is 17.8 Å². The zero-order valence-corrected chi connectivity index (χ0v) is 12.8. The smallest absolute Gasteiger partial charge is 0.326 e. The summed E-state index contributed by atoms with van der Waals surface area (Å²) in [5.74, 6) is -1.15. The van der Waals surface area contributed by atoms with Gasteiger partial charge in [-0.3, -0.25) is 4.79 Å². The summed E-state index contributed by atoms with van der Waals surface area (Å²) in [6.07, 6.45) is 1.30. The minimum atomic E-state index is -0.944. The first-order chi connectivity index (χ1) is 11.1. The van der Waals surface area contributed by atoms with Crippen LogP contribution >= 0.6 is 0 Å². The van der Waals surface area contributed by atoms with E-state index >= 15 is 0 Å². The maximum atomic E-state index is 12.4. The van der Waals surface area contributed by atoms with Crippen molar-refractivity contribution >= 4 is 11.9 Å². The predicted molar refractivity (Wildman–Crippen MR) is 82.2 cm³/mol. The number of hydrogen-bond acceptors (Lipinski definition) is 4. The van der Waals surface area contributed by atoms with Gasteiger partial charge in [0.1, 0.15) is 6.04 Å². The molecule has 1 atom stereocenters. The summed E-state index contributed by atoms with van der Waals surface area (Å²) in [4.78, 5) is 25.0. The molecule has 1 aliphatic rings. The van der Waals surface area contributed by atoms with Gasteiger partial charge in [-0.15, -0.1) is 5.10 Å². The van der Waals surface area contributed by atoms with Crippen LogP contribution in [-0.2, 0) is 16.0 Å². The number of carbonyl (C=O) groups excluding carboxylic acids is 1. The molecule has 2 heterocycles. The Morgan fingerprint density at radius 1 is 1.30 bits per heavy atom. The third-order valence-corrected chi connectivity index (χ3v) is 4.17. The quantitative estimate of drug-likeness (QED) is 0.916. The van der Waals surface area contributed by atoms with Crippen molar-refractivity contribution in [1.82, 2.24) is 19.9 Å². The molecule has 7 heteroatoms. The van der Waals surface area contributed by atoms with E-state index in [9.17, 15) is 14.7 Å². The van der Waals surface area contributed by atoms with Gasteiger partial charge in [0.05, 0.1) is 23.5 Å². The first kappa shape index (κ1) is 15.2. The summed E-state index contributed by atoms with van der Waals surface area (Å²) in [5.41, 5.74) is 2.24. The van der Waals surface area contributed by atoms with E-state index in [-0.39, 0.29) is 12.3 Å². The van der Waals surface area contributed by atoms with E-state index in [1.54, 1.807) is 4.68 Å². The van der Waals surface area contributed by atoms with Crippen LogP contribution in [0.5, 0.6) is 0 Å². The highest BCUT2D eigenvalue weighted by Gasteiger charge is 2.34. The van der Waals surface area contributed by atoms with Crippen molar-refractivity contribution in [1.29, 1.82) is 0 Å². The molecular weight excluding hydrogens is 296 g/mol. The zero-order chi connectivity index (χ0) is 16.4. The molecule has 7 nitrogen and oxygen atoms in total. The van der Waals surface area contributed by atoms with Gasteiger partial charge in [0.2, 0.25) is 5.91 Å². The van der Waals surface area contributed by atoms with Crippen molar-refractivity contribution < 1.29 is 14.7 Å². The highest BCUT2D eigenvalue weighted by atomic mass is 16.4. The Labute approximate surface area is 133 Å². The number of benzene rings is 1. The lowest BCUT2D eigenvalue weighted by Gasteiger charge is -2.20. The largest absolute Gasteiger partial charge is 0.480 e. The molecule has 0 spiro atoms. The second kappa shape index (κ2) is 6.20. The SMILES string of the molecule is Cc1c(CC(=O)N2CCC[C@H]2C(=O)O)nnn1-c1ccccc1. The average molecular weight is 314 g/mol.